The van der Waals surface area contributed by atoms with E-state index in [1.165, 1.54) is 0 Å². The molecule has 2 aromatic rings. The minimum Gasteiger partial charge on any atom is -0.363 e. The molecule has 4 heteroatoms. The summed E-state index contributed by atoms with van der Waals surface area (Å²) in [6.07, 6.45) is 1.67. The molecule has 1 heterocycles. The molecule has 0 saturated heterocycles. The summed E-state index contributed by atoms with van der Waals surface area (Å²) >= 11 is 0. The van der Waals surface area contributed by atoms with E-state index in [2.05, 4.69) is 10.3 Å². The van der Waals surface area contributed by atoms with Crippen LogP contribution in [0.2, 0.25) is 0 Å². The Hall–Kier alpha value is -2.36. The van der Waals surface area contributed by atoms with Crippen molar-refractivity contribution in [3.05, 3.63) is 69.1 Å². The number of carbonyl (C=O) groups is 1. The highest BCUT2D eigenvalue weighted by atomic mass is 16.1. The molecule has 1 aromatic carbocycles. The number of carbonyl (C=O) groups excluding carboxylic acids is 1. The predicted octanol–water partition coefficient (Wildman–Crippen LogP) is 1.92. The van der Waals surface area contributed by atoms with Gasteiger partial charge in [-0.2, -0.15) is 0 Å². The Kier molecular flexibility index (Phi) is 3.80. The summed E-state index contributed by atoms with van der Waals surface area (Å²) in [6.45, 7) is 3.84. The van der Waals surface area contributed by atoms with Crippen LogP contribution >= 0.6 is 0 Å². The van der Waals surface area contributed by atoms with Crippen molar-refractivity contribution < 1.29 is 4.79 Å². The summed E-state index contributed by atoms with van der Waals surface area (Å²) in [5.41, 5.74) is 2.68. The van der Waals surface area contributed by atoms with E-state index >= 15 is 0 Å². The topological polar surface area (TPSA) is 62.0 Å². The van der Waals surface area contributed by atoms with Gasteiger partial charge < -0.3 is 10.3 Å². The number of aromatic amines is 1. The third kappa shape index (κ3) is 2.91. The van der Waals surface area contributed by atoms with Crippen LogP contribution in [0, 0.1) is 13.8 Å². The van der Waals surface area contributed by atoms with Crippen LogP contribution in [0.1, 0.15) is 27.2 Å². The van der Waals surface area contributed by atoms with Crippen molar-refractivity contribution in [2.24, 2.45) is 0 Å². The highest BCUT2D eigenvalue weighted by molar-refractivity contribution is 5.94. The molecule has 0 saturated carbocycles. The number of amides is 1. The molecular weight excluding hydrogens is 240 g/mol. The van der Waals surface area contributed by atoms with E-state index in [9.17, 15) is 9.59 Å². The number of aryl methyl sites for hydroxylation is 1. The molecular formula is C15H16N2O2. The minimum atomic E-state index is -0.151. The summed E-state index contributed by atoms with van der Waals surface area (Å²) in [6, 6.07) is 8.99. The van der Waals surface area contributed by atoms with E-state index < -0.39 is 0 Å². The zero-order valence-electron chi connectivity index (χ0n) is 11.0. The first kappa shape index (κ1) is 13.1. The largest absolute Gasteiger partial charge is 0.363 e. The molecule has 0 fully saturated rings. The van der Waals surface area contributed by atoms with Crippen molar-refractivity contribution in [1.29, 1.82) is 0 Å². The van der Waals surface area contributed by atoms with Gasteiger partial charge in [0.2, 0.25) is 0 Å². The lowest BCUT2D eigenvalue weighted by Gasteiger charge is -2.08. The smallest absolute Gasteiger partial charge is 0.251 e. The van der Waals surface area contributed by atoms with Crippen molar-refractivity contribution in [2.45, 2.75) is 20.4 Å². The van der Waals surface area contributed by atoms with Crippen molar-refractivity contribution in [1.82, 2.24) is 10.3 Å². The van der Waals surface area contributed by atoms with Crippen LogP contribution in [0.25, 0.3) is 0 Å². The second-order valence-corrected chi connectivity index (χ2v) is 4.45. The third-order valence-corrected chi connectivity index (χ3v) is 3.08. The number of rotatable bonds is 3. The van der Waals surface area contributed by atoms with E-state index in [-0.39, 0.29) is 11.3 Å². The Balaban J connectivity index is 2.10. The van der Waals surface area contributed by atoms with Gasteiger partial charge in [-0.15, -0.1) is 0 Å². The first-order valence-electron chi connectivity index (χ1n) is 6.10. The van der Waals surface area contributed by atoms with Gasteiger partial charge in [-0.25, -0.2) is 0 Å². The molecule has 2 N–H and O–H groups in total. The Morgan fingerprint density at radius 1 is 1.21 bits per heavy atom. The molecule has 0 radical (unpaired) electrons. The summed E-state index contributed by atoms with van der Waals surface area (Å²) < 4.78 is 0. The van der Waals surface area contributed by atoms with Crippen LogP contribution in [0.5, 0.6) is 0 Å². The quantitative estimate of drug-likeness (QED) is 0.881. The molecule has 0 spiro atoms. The lowest BCUT2D eigenvalue weighted by molar-refractivity contribution is 0.0950. The molecule has 0 unspecified atom stereocenters. The van der Waals surface area contributed by atoms with Gasteiger partial charge in [-0.3, -0.25) is 9.59 Å². The highest BCUT2D eigenvalue weighted by Gasteiger charge is 2.08. The third-order valence-electron chi connectivity index (χ3n) is 3.08. The van der Waals surface area contributed by atoms with E-state index in [1.807, 2.05) is 18.2 Å². The second kappa shape index (κ2) is 5.52. The van der Waals surface area contributed by atoms with Gasteiger partial charge in [-0.05, 0) is 26.0 Å². The fourth-order valence-electron chi connectivity index (χ4n) is 1.85. The number of nitrogens with one attached hydrogen (secondary N) is 2. The van der Waals surface area contributed by atoms with Crippen molar-refractivity contribution >= 4 is 5.91 Å². The molecule has 4 nitrogen and oxygen atoms in total. The van der Waals surface area contributed by atoms with Gasteiger partial charge >= 0.3 is 0 Å². The van der Waals surface area contributed by atoms with E-state index in [0.717, 1.165) is 5.69 Å². The van der Waals surface area contributed by atoms with Crippen molar-refractivity contribution in [2.75, 3.05) is 0 Å². The molecule has 0 atom stereocenters. The second-order valence-electron chi connectivity index (χ2n) is 4.45. The van der Waals surface area contributed by atoms with Crippen molar-refractivity contribution in [3.63, 3.8) is 0 Å². The van der Waals surface area contributed by atoms with Gasteiger partial charge in [0.05, 0.1) is 6.54 Å². The Morgan fingerprint density at radius 3 is 2.58 bits per heavy atom. The number of hydrogen-bond acceptors (Lipinski definition) is 2. The highest BCUT2D eigenvalue weighted by Crippen LogP contribution is 2.02. The monoisotopic (exact) mass is 256 g/mol. The average Bonchev–Trinajstić information content (AvgIpc) is 2.45. The average molecular weight is 256 g/mol. The molecule has 1 amide bonds. The molecule has 0 aliphatic heterocycles. The lowest BCUT2D eigenvalue weighted by atomic mass is 10.1. The van der Waals surface area contributed by atoms with E-state index in [0.29, 0.717) is 23.2 Å². The molecule has 0 aliphatic rings. The lowest BCUT2D eigenvalue weighted by Crippen LogP contribution is -2.25. The standard InChI is InChI=1S/C15H16N2O2/c1-10-8-16-13(11(2)14(10)18)9-17-15(19)12-6-4-3-5-7-12/h3-8H,9H2,1-2H3,(H,16,18)(H,17,19). The zero-order chi connectivity index (χ0) is 13.8. The number of H-pyrrole nitrogens is 1. The van der Waals surface area contributed by atoms with Crippen LogP contribution in [-0.4, -0.2) is 10.9 Å². The first-order valence-corrected chi connectivity index (χ1v) is 6.10. The van der Waals surface area contributed by atoms with Crippen molar-refractivity contribution in [3.8, 4) is 0 Å². The molecule has 0 bridgehead atoms. The van der Waals surface area contributed by atoms with Gasteiger partial charge in [-0.1, -0.05) is 18.2 Å². The zero-order valence-corrected chi connectivity index (χ0v) is 11.0. The maximum atomic E-state index is 11.9. The first-order chi connectivity index (χ1) is 9.09. The van der Waals surface area contributed by atoms with E-state index in [1.54, 1.807) is 32.2 Å². The summed E-state index contributed by atoms with van der Waals surface area (Å²) in [5, 5.41) is 2.79. The summed E-state index contributed by atoms with van der Waals surface area (Å²) in [7, 11) is 0. The Bertz CT molecular complexity index is 645. The number of benzene rings is 1. The SMILES string of the molecule is Cc1c[nH]c(CNC(=O)c2ccccc2)c(C)c1=O. The van der Waals surface area contributed by atoms with Crippen LogP contribution in [-0.2, 0) is 6.54 Å². The fourth-order valence-corrected chi connectivity index (χ4v) is 1.85. The van der Waals surface area contributed by atoms with Gasteiger partial charge in [0.15, 0.2) is 5.43 Å². The Morgan fingerprint density at radius 2 is 1.89 bits per heavy atom. The summed E-state index contributed by atoms with van der Waals surface area (Å²) in [4.78, 5) is 26.7. The molecule has 2 rings (SSSR count). The predicted molar refractivity (Wildman–Crippen MR) is 74.1 cm³/mol. The Labute approximate surface area is 111 Å². The molecule has 98 valence electrons. The maximum Gasteiger partial charge on any atom is 0.251 e. The van der Waals surface area contributed by atoms with Crippen LogP contribution < -0.4 is 10.7 Å². The normalized spacial score (nSPS) is 10.2. The maximum absolute atomic E-state index is 11.9. The number of hydrogen-bond donors (Lipinski definition) is 2. The fraction of sp³-hybridized carbons (Fsp3) is 0.200. The van der Waals surface area contributed by atoms with Gasteiger partial charge in [0, 0.05) is 28.6 Å². The molecule has 0 aliphatic carbocycles. The molecule has 19 heavy (non-hydrogen) atoms. The number of pyridine rings is 1. The minimum absolute atomic E-state index is 0.0164. The summed E-state index contributed by atoms with van der Waals surface area (Å²) in [5.74, 6) is -0.151. The number of aromatic nitrogens is 1. The van der Waals surface area contributed by atoms with Crippen LogP contribution in [0.3, 0.4) is 0 Å². The van der Waals surface area contributed by atoms with Gasteiger partial charge in [0.25, 0.3) is 5.91 Å². The van der Waals surface area contributed by atoms with E-state index in [4.69, 9.17) is 0 Å². The van der Waals surface area contributed by atoms with Gasteiger partial charge in [0.1, 0.15) is 0 Å². The molecule has 1 aromatic heterocycles. The van der Waals surface area contributed by atoms with Crippen LogP contribution in [0.4, 0.5) is 0 Å². The van der Waals surface area contributed by atoms with Crippen LogP contribution in [0.15, 0.2) is 41.3 Å².